The highest BCUT2D eigenvalue weighted by Crippen LogP contribution is 2.40. The van der Waals surface area contributed by atoms with Gasteiger partial charge in [-0.3, -0.25) is 38.4 Å². The third-order valence-electron chi connectivity index (χ3n) is 7.41. The number of aromatic nitrogens is 1. The van der Waals surface area contributed by atoms with Crippen LogP contribution < -0.4 is 39.6 Å². The molecule has 1 heterocycles. The number of esters is 5. The van der Waals surface area contributed by atoms with Gasteiger partial charge in [0.15, 0.2) is 23.0 Å². The molecule has 0 bridgehead atoms. The summed E-state index contributed by atoms with van der Waals surface area (Å²) in [5, 5.41) is 8.46. The molecule has 0 fully saturated rings. The minimum absolute atomic E-state index is 0.00555. The molecule has 18 heteroatoms. The molecule has 0 aliphatic heterocycles. The summed E-state index contributed by atoms with van der Waals surface area (Å²) in [6, 6.07) is 11.0. The molecule has 0 unspecified atom stereocenters. The number of rotatable bonds is 14. The monoisotopic (exact) mass is 860 g/mol. The highest BCUT2D eigenvalue weighted by Gasteiger charge is 2.26. The topological polar surface area (TPSA) is 235 Å². The third kappa shape index (κ3) is 12.7. The van der Waals surface area contributed by atoms with Crippen LogP contribution in [0.5, 0.6) is 28.7 Å². The van der Waals surface area contributed by atoms with Gasteiger partial charge in [-0.15, -0.1) is 0 Å². The lowest BCUT2D eigenvalue weighted by molar-refractivity contribution is -0.135. The van der Waals surface area contributed by atoms with E-state index in [1.165, 1.54) is 50.4 Å². The normalized spacial score (nSPS) is 11.6. The number of fused-ring (bicyclic) bond motifs is 1. The van der Waals surface area contributed by atoms with Gasteiger partial charge in [0.05, 0.1) is 0 Å². The molecule has 0 saturated heterocycles. The fraction of sp³-hybridized carbons (Fsp3) is 0.200. The molecule has 58 heavy (non-hydrogen) atoms. The number of hydrogen-bond acceptors (Lipinski definition) is 13. The predicted molar refractivity (Wildman–Crippen MR) is 210 cm³/mol. The first-order valence-electron chi connectivity index (χ1n) is 17.1. The smallest absolute Gasteiger partial charge is 0.308 e. The van der Waals surface area contributed by atoms with Crippen LogP contribution in [0, 0.1) is 0 Å². The molecular weight excluding hydrogens is 824 g/mol. The lowest BCUT2D eigenvalue weighted by Crippen LogP contribution is -2.48. The molecule has 1 atom stereocenters. The van der Waals surface area contributed by atoms with Gasteiger partial charge in [-0.25, -0.2) is 0 Å². The molecule has 0 spiro atoms. The maximum Gasteiger partial charge on any atom is 0.308 e. The number of aromatic amines is 1. The Kier molecular flexibility index (Phi) is 14.8. The summed E-state index contributed by atoms with van der Waals surface area (Å²) in [4.78, 5) is 102. The quantitative estimate of drug-likeness (QED) is 0.0775. The molecule has 4 rings (SSSR count). The van der Waals surface area contributed by atoms with Crippen LogP contribution in [0.2, 0.25) is 0 Å². The molecule has 0 saturated carbocycles. The number of carbonyl (C=O) groups excluding carboxylic acids is 8. The summed E-state index contributed by atoms with van der Waals surface area (Å²) < 4.78 is 26.7. The average Bonchev–Trinajstić information content (AvgIpc) is 3.50. The van der Waals surface area contributed by atoms with E-state index in [1.54, 1.807) is 12.3 Å². The SMILES string of the molecule is CC(=O)N/C(=C\c1cc(OC(C)=O)c(OC(C)=O)c(OC(C)=O)c1)C(=O)N[C@@H](Cc1c[nH]c2cc(Br)ccc12)C(=O)N/C=C/c1ccc(OC(C)=O)c(OC(C)=O)c1. The van der Waals surface area contributed by atoms with E-state index in [1.807, 2.05) is 18.2 Å². The van der Waals surface area contributed by atoms with E-state index in [9.17, 15) is 38.4 Å². The van der Waals surface area contributed by atoms with E-state index in [4.69, 9.17) is 23.7 Å². The maximum absolute atomic E-state index is 14.0. The minimum Gasteiger partial charge on any atom is -0.423 e. The van der Waals surface area contributed by atoms with Gasteiger partial charge in [0, 0.05) is 75.7 Å². The Morgan fingerprint density at radius 3 is 1.84 bits per heavy atom. The van der Waals surface area contributed by atoms with Gasteiger partial charge >= 0.3 is 29.8 Å². The van der Waals surface area contributed by atoms with Gasteiger partial charge in [0.2, 0.25) is 17.6 Å². The van der Waals surface area contributed by atoms with Crippen molar-refractivity contribution in [2.75, 3.05) is 0 Å². The second kappa shape index (κ2) is 19.7. The van der Waals surface area contributed by atoms with Crippen LogP contribution in [0.4, 0.5) is 0 Å². The Morgan fingerprint density at radius 1 is 0.690 bits per heavy atom. The van der Waals surface area contributed by atoms with Crippen molar-refractivity contribution in [3.8, 4) is 28.7 Å². The molecule has 0 aliphatic rings. The number of benzene rings is 3. The Balaban J connectivity index is 1.72. The van der Waals surface area contributed by atoms with E-state index in [0.717, 1.165) is 49.1 Å². The fourth-order valence-corrected chi connectivity index (χ4v) is 5.68. The Morgan fingerprint density at radius 2 is 1.26 bits per heavy atom. The van der Waals surface area contributed by atoms with Crippen LogP contribution >= 0.6 is 15.9 Å². The molecule has 4 aromatic rings. The fourth-order valence-electron chi connectivity index (χ4n) is 5.32. The number of amides is 3. The molecule has 1 aromatic heterocycles. The molecule has 0 aliphatic carbocycles. The van der Waals surface area contributed by atoms with Gasteiger partial charge < -0.3 is 44.6 Å². The molecule has 4 N–H and O–H groups in total. The van der Waals surface area contributed by atoms with E-state index < -0.39 is 53.6 Å². The van der Waals surface area contributed by atoms with Crippen molar-refractivity contribution in [1.82, 2.24) is 20.9 Å². The van der Waals surface area contributed by atoms with Crippen molar-refractivity contribution >= 4 is 86.6 Å². The molecule has 3 aromatic carbocycles. The second-order valence-corrected chi connectivity index (χ2v) is 13.3. The largest absolute Gasteiger partial charge is 0.423 e. The van der Waals surface area contributed by atoms with Crippen molar-refractivity contribution < 1.29 is 62.0 Å². The van der Waals surface area contributed by atoms with Crippen LogP contribution in [-0.2, 0) is 44.8 Å². The maximum atomic E-state index is 14.0. The first kappa shape index (κ1) is 43.6. The summed E-state index contributed by atoms with van der Waals surface area (Å²) in [5.41, 5.74) is 1.51. The van der Waals surface area contributed by atoms with Gasteiger partial charge in [-0.05, 0) is 65.2 Å². The van der Waals surface area contributed by atoms with Crippen LogP contribution in [0.1, 0.15) is 58.2 Å². The summed E-state index contributed by atoms with van der Waals surface area (Å²) in [6.07, 6.45) is 5.55. The molecular formula is C40H37BrN4O13. The zero-order chi connectivity index (χ0) is 42.7. The third-order valence-corrected chi connectivity index (χ3v) is 7.91. The van der Waals surface area contributed by atoms with E-state index >= 15 is 0 Å². The van der Waals surface area contributed by atoms with Gasteiger partial charge in [0.1, 0.15) is 11.7 Å². The van der Waals surface area contributed by atoms with E-state index in [-0.39, 0.29) is 46.4 Å². The number of halogens is 1. The van der Waals surface area contributed by atoms with Crippen molar-refractivity contribution in [3.63, 3.8) is 0 Å². The Hall–Kier alpha value is -7.08. The molecule has 3 amide bonds. The summed E-state index contributed by atoms with van der Waals surface area (Å²) >= 11 is 3.43. The summed E-state index contributed by atoms with van der Waals surface area (Å²) in [7, 11) is 0. The lowest BCUT2D eigenvalue weighted by atomic mass is 10.0. The standard InChI is InChI=1S/C40H37BrN4O13/c1-20(46)44-32(13-27-15-36(56-23(4)49)38(58-25(6)51)37(16-27)57-24(5)50)40(53)45-33(17-28-19-43-31-18-29(41)8-9-30(28)31)39(52)42-12-11-26-7-10-34(54-21(2)47)35(14-26)55-22(3)48/h7-16,18-19,33,43H,17H2,1-6H3,(H,42,52)(H,44,46)(H,45,53)/b12-11+,32-13-/t33-/m0/s1. The highest BCUT2D eigenvalue weighted by atomic mass is 79.9. The number of H-pyrrole nitrogens is 1. The summed E-state index contributed by atoms with van der Waals surface area (Å²) in [5.74, 6) is -7.14. The van der Waals surface area contributed by atoms with Crippen molar-refractivity contribution in [2.24, 2.45) is 0 Å². The molecule has 0 radical (unpaired) electrons. The van der Waals surface area contributed by atoms with Crippen molar-refractivity contribution in [3.05, 3.63) is 87.8 Å². The van der Waals surface area contributed by atoms with E-state index in [2.05, 4.69) is 36.9 Å². The number of hydrogen-bond donors (Lipinski definition) is 4. The number of carbonyl (C=O) groups is 8. The van der Waals surface area contributed by atoms with Crippen LogP contribution in [-0.4, -0.2) is 58.6 Å². The van der Waals surface area contributed by atoms with Crippen LogP contribution in [0.25, 0.3) is 23.1 Å². The second-order valence-electron chi connectivity index (χ2n) is 12.3. The number of ether oxygens (including phenoxy) is 5. The minimum atomic E-state index is -1.28. The Labute approximate surface area is 339 Å². The predicted octanol–water partition coefficient (Wildman–Crippen LogP) is 4.55. The Bertz CT molecular complexity index is 2340. The molecule has 302 valence electrons. The van der Waals surface area contributed by atoms with Gasteiger partial charge in [0.25, 0.3) is 5.91 Å². The first-order chi connectivity index (χ1) is 27.4. The average molecular weight is 862 g/mol. The van der Waals surface area contributed by atoms with Gasteiger partial charge in [-0.2, -0.15) is 0 Å². The van der Waals surface area contributed by atoms with Crippen LogP contribution in [0.3, 0.4) is 0 Å². The summed E-state index contributed by atoms with van der Waals surface area (Å²) in [6.45, 7) is 6.74. The van der Waals surface area contributed by atoms with E-state index in [0.29, 0.717) is 11.1 Å². The lowest BCUT2D eigenvalue weighted by Gasteiger charge is -2.19. The van der Waals surface area contributed by atoms with Crippen molar-refractivity contribution in [1.29, 1.82) is 0 Å². The molecule has 17 nitrogen and oxygen atoms in total. The van der Waals surface area contributed by atoms with Crippen LogP contribution in [0.15, 0.2) is 71.1 Å². The highest BCUT2D eigenvalue weighted by molar-refractivity contribution is 9.10. The number of nitrogens with one attached hydrogen (secondary N) is 4. The zero-order valence-electron chi connectivity index (χ0n) is 31.9. The zero-order valence-corrected chi connectivity index (χ0v) is 33.5. The van der Waals surface area contributed by atoms with Gasteiger partial charge in [-0.1, -0.05) is 28.1 Å². The van der Waals surface area contributed by atoms with Crippen molar-refractivity contribution in [2.45, 2.75) is 54.0 Å². The first-order valence-corrected chi connectivity index (χ1v) is 17.9.